The van der Waals surface area contributed by atoms with Crippen molar-refractivity contribution < 1.29 is 55.4 Å². The molecule has 0 aromatic heterocycles. The van der Waals surface area contributed by atoms with Crippen molar-refractivity contribution in [2.75, 3.05) is 0 Å². The molecule has 0 saturated heterocycles. The number of benzene rings is 2. The molecule has 1 nitrogen and oxygen atoms in total. The van der Waals surface area contributed by atoms with Gasteiger partial charge in [0, 0.05) is 5.75 Å². The van der Waals surface area contributed by atoms with Crippen LogP contribution < -0.4 is 29.2 Å². The van der Waals surface area contributed by atoms with Crippen LogP contribution in [0.3, 0.4) is 0 Å². The van der Waals surface area contributed by atoms with Crippen LogP contribution in [0.15, 0.2) is 66.7 Å². The second-order valence-corrected chi connectivity index (χ2v) is 20.3. The van der Waals surface area contributed by atoms with Gasteiger partial charge in [0.05, 0.1) is 8.07 Å². The maximum atomic E-state index is 6.83. The van der Waals surface area contributed by atoms with Crippen molar-refractivity contribution in [1.29, 1.82) is 0 Å². The van der Waals surface area contributed by atoms with Gasteiger partial charge in [0.2, 0.25) is 8.32 Å². The summed E-state index contributed by atoms with van der Waals surface area (Å²) in [5.74, 6) is 1.13. The summed E-state index contributed by atoms with van der Waals surface area (Å²) in [4.78, 5) is 0. The van der Waals surface area contributed by atoms with Gasteiger partial charge < -0.3 is 29.2 Å². The summed E-state index contributed by atoms with van der Waals surface area (Å²) < 4.78 is 6.83. The normalized spacial score (nSPS) is 13.5. The average Bonchev–Trinajstić information content (AvgIpc) is 3.28. The van der Waals surface area contributed by atoms with E-state index >= 15 is 0 Å². The van der Waals surface area contributed by atoms with Gasteiger partial charge in [-0.05, 0) is 24.7 Å². The van der Waals surface area contributed by atoms with Gasteiger partial charge in [-0.25, -0.2) is 0 Å². The van der Waals surface area contributed by atoms with E-state index in [9.17, 15) is 0 Å². The smallest absolute Gasteiger partial charge is 1.00 e. The van der Waals surface area contributed by atoms with Crippen molar-refractivity contribution in [3.8, 4) is 5.75 Å². The van der Waals surface area contributed by atoms with Crippen LogP contribution >= 0.6 is 0 Å². The zero-order valence-corrected chi connectivity index (χ0v) is 26.7. The van der Waals surface area contributed by atoms with Gasteiger partial charge in [0.1, 0.15) is 0 Å². The number of hydrogen-bond donors (Lipinski definition) is 0. The third-order valence-corrected chi connectivity index (χ3v) is 13.0. The van der Waals surface area contributed by atoms with Crippen LogP contribution in [0.2, 0.25) is 38.8 Å². The van der Waals surface area contributed by atoms with E-state index in [2.05, 4.69) is 113 Å². The molecule has 33 heavy (non-hydrogen) atoms. The Morgan fingerprint density at radius 2 is 1.45 bits per heavy atom. The third kappa shape index (κ3) is 5.46. The standard InChI is InChI=1S/C27H34OSi2.2ClH.Zr/c1-8-30(6,7)27(2,23-17-20-13-9-10-14-21(20)18-23)25-19-22-15-11-12-16-24(22)26(25)28-29(3,4)5;;;/h9-19H,8H2,1-7H3;2*1H;/q-2;;;+4/p-2. The molecule has 0 N–H and O–H groups in total. The predicted octanol–water partition coefficient (Wildman–Crippen LogP) is 2.22. The van der Waals surface area contributed by atoms with Crippen molar-refractivity contribution in [1.82, 2.24) is 0 Å². The van der Waals surface area contributed by atoms with Crippen molar-refractivity contribution in [3.63, 3.8) is 0 Å². The average molecular weight is 593 g/mol. The van der Waals surface area contributed by atoms with E-state index in [4.69, 9.17) is 4.43 Å². The minimum Gasteiger partial charge on any atom is -1.00 e. The molecule has 4 aromatic carbocycles. The Kier molecular flexibility index (Phi) is 10.1. The molecule has 0 aliphatic carbocycles. The molecule has 0 heterocycles. The van der Waals surface area contributed by atoms with Crippen LogP contribution in [0.4, 0.5) is 0 Å². The van der Waals surface area contributed by atoms with Crippen LogP contribution in [0, 0.1) is 0 Å². The maximum Gasteiger partial charge on any atom is 4.00 e. The predicted molar refractivity (Wildman–Crippen MR) is 137 cm³/mol. The van der Waals surface area contributed by atoms with E-state index in [0.29, 0.717) is 0 Å². The first-order chi connectivity index (χ1) is 14.1. The molecule has 0 fully saturated rings. The van der Waals surface area contributed by atoms with E-state index in [0.717, 1.165) is 5.75 Å². The summed E-state index contributed by atoms with van der Waals surface area (Å²) in [6.07, 6.45) is 0. The van der Waals surface area contributed by atoms with Gasteiger partial charge in [-0.15, -0.1) is 69.6 Å². The molecule has 0 saturated carbocycles. The largest absolute Gasteiger partial charge is 4.00 e. The summed E-state index contributed by atoms with van der Waals surface area (Å²) in [5.41, 5.74) is 2.83. The molecule has 0 radical (unpaired) electrons. The maximum absolute atomic E-state index is 6.83. The molecule has 174 valence electrons. The van der Waals surface area contributed by atoms with E-state index in [-0.39, 0.29) is 56.1 Å². The molecule has 0 spiro atoms. The van der Waals surface area contributed by atoms with Crippen molar-refractivity contribution in [3.05, 3.63) is 77.9 Å². The van der Waals surface area contributed by atoms with Gasteiger partial charge in [-0.3, -0.25) is 0 Å². The monoisotopic (exact) mass is 590 g/mol. The Bertz CT molecular complexity index is 1170. The van der Waals surface area contributed by atoms with Crippen LogP contribution in [-0.2, 0) is 31.2 Å². The van der Waals surface area contributed by atoms with E-state index < -0.39 is 16.4 Å². The van der Waals surface area contributed by atoms with E-state index in [1.165, 1.54) is 38.7 Å². The quantitative estimate of drug-likeness (QED) is 0.247. The Balaban J connectivity index is 0.00000181. The summed E-state index contributed by atoms with van der Waals surface area (Å²) in [6.45, 7) is 16.8. The summed E-state index contributed by atoms with van der Waals surface area (Å²) in [5, 5.41) is 5.20. The molecule has 4 rings (SSSR count). The van der Waals surface area contributed by atoms with Crippen LogP contribution in [-0.4, -0.2) is 16.4 Å². The second kappa shape index (κ2) is 11.0. The molecule has 1 atom stereocenters. The van der Waals surface area contributed by atoms with E-state index in [1.807, 2.05) is 0 Å². The summed E-state index contributed by atoms with van der Waals surface area (Å²) in [7, 11) is -3.49. The zero-order chi connectivity index (χ0) is 21.7. The number of halogens is 2. The first-order valence-electron chi connectivity index (χ1n) is 11.1. The first kappa shape index (κ1) is 30.4. The summed E-state index contributed by atoms with van der Waals surface area (Å²) in [6, 6.07) is 26.0. The Morgan fingerprint density at radius 3 is 2.03 bits per heavy atom. The molecule has 0 amide bonds. The fraction of sp³-hybridized carbons (Fsp3) is 0.333. The fourth-order valence-corrected chi connectivity index (χ4v) is 8.07. The molecule has 4 aromatic rings. The van der Waals surface area contributed by atoms with Gasteiger partial charge in [-0.2, -0.15) is 12.1 Å². The molecule has 0 aliphatic rings. The Morgan fingerprint density at radius 1 is 0.879 bits per heavy atom. The molecule has 0 aliphatic heterocycles. The Hall–Kier alpha value is -0.643. The number of fused-ring (bicyclic) bond motifs is 2. The minimum atomic E-state index is -1.78. The molecule has 1 unspecified atom stereocenters. The Labute approximate surface area is 233 Å². The fourth-order valence-electron chi connectivity index (χ4n) is 4.69. The van der Waals surface area contributed by atoms with Crippen LogP contribution in [0.25, 0.3) is 21.5 Å². The number of hydrogen-bond acceptors (Lipinski definition) is 1. The van der Waals surface area contributed by atoms with E-state index in [1.54, 1.807) is 0 Å². The van der Waals surface area contributed by atoms with Crippen LogP contribution in [0.1, 0.15) is 25.0 Å². The van der Waals surface area contributed by atoms with Crippen molar-refractivity contribution in [2.24, 2.45) is 0 Å². The summed E-state index contributed by atoms with van der Waals surface area (Å²) >= 11 is 0. The van der Waals surface area contributed by atoms with Gasteiger partial charge >= 0.3 is 26.2 Å². The third-order valence-electron chi connectivity index (χ3n) is 7.13. The zero-order valence-electron chi connectivity index (χ0n) is 20.7. The van der Waals surface area contributed by atoms with Gasteiger partial charge in [0.25, 0.3) is 0 Å². The molecular weight excluding hydrogens is 559 g/mol. The molecular formula is C27H34Cl2OSi2Zr. The van der Waals surface area contributed by atoms with Crippen LogP contribution in [0.5, 0.6) is 5.75 Å². The second-order valence-electron chi connectivity index (χ2n) is 10.4. The van der Waals surface area contributed by atoms with Crippen molar-refractivity contribution >= 4 is 37.9 Å². The molecule has 6 heteroatoms. The SMILES string of the molecule is CC[Si](C)(C)C(C)(c1cc2ccccc2[cH-]1)c1cc2ccccc2[c-]1O[Si](C)(C)C.[Cl-].[Cl-].[Zr+4]. The van der Waals surface area contributed by atoms with Gasteiger partial charge in [0.15, 0.2) is 0 Å². The molecule has 0 bridgehead atoms. The van der Waals surface area contributed by atoms with Gasteiger partial charge in [-0.1, -0.05) is 50.7 Å². The number of rotatable bonds is 6. The minimum absolute atomic E-state index is 0. The van der Waals surface area contributed by atoms with Crippen molar-refractivity contribution in [2.45, 2.75) is 57.7 Å². The topological polar surface area (TPSA) is 9.23 Å². The first-order valence-corrected chi connectivity index (χ1v) is 17.7.